The molecule has 0 aromatic rings. The topological polar surface area (TPSA) is 52.6 Å². The highest BCUT2D eigenvalue weighted by Crippen LogP contribution is 2.21. The lowest BCUT2D eigenvalue weighted by Gasteiger charge is -2.20. The lowest BCUT2D eigenvalue weighted by molar-refractivity contribution is -0.170. The summed E-state index contributed by atoms with van der Waals surface area (Å²) >= 11 is 0. The molecule has 37 heavy (non-hydrogen) atoms. The van der Waals surface area contributed by atoms with E-state index in [2.05, 4.69) is 13.8 Å². The smallest absolute Gasteiger partial charge is 0.322 e. The first-order valence-corrected chi connectivity index (χ1v) is 16.3. The summed E-state index contributed by atoms with van der Waals surface area (Å²) in [6, 6.07) is 0. The predicted octanol–water partition coefficient (Wildman–Crippen LogP) is 10.5. The van der Waals surface area contributed by atoms with E-state index in [1.165, 1.54) is 128 Å². The number of unbranched alkanes of at least 4 members (excludes halogenated alkanes) is 22. The van der Waals surface area contributed by atoms with Gasteiger partial charge in [-0.2, -0.15) is 0 Å². The SMILES string of the molecule is CCCCCCCCCCCCCCCOC(=O)C(C)(C)C(=O)OCCCCCCCCCCCCC. The minimum atomic E-state index is -1.23. The van der Waals surface area contributed by atoms with Crippen LogP contribution >= 0.6 is 0 Å². The zero-order valence-corrected chi connectivity index (χ0v) is 25.5. The summed E-state index contributed by atoms with van der Waals surface area (Å²) in [5, 5.41) is 0. The third kappa shape index (κ3) is 22.6. The van der Waals surface area contributed by atoms with Gasteiger partial charge in [0.2, 0.25) is 0 Å². The number of hydrogen-bond donors (Lipinski definition) is 0. The Morgan fingerprint density at radius 2 is 0.622 bits per heavy atom. The molecule has 0 unspecified atom stereocenters. The van der Waals surface area contributed by atoms with Gasteiger partial charge in [-0.25, -0.2) is 0 Å². The third-order valence-electron chi connectivity index (χ3n) is 7.48. The number of carbonyl (C=O) groups is 2. The van der Waals surface area contributed by atoms with Crippen LogP contribution in [0.1, 0.15) is 182 Å². The number of ether oxygens (including phenoxy) is 2. The van der Waals surface area contributed by atoms with Crippen LogP contribution in [0.15, 0.2) is 0 Å². The molecule has 0 spiro atoms. The van der Waals surface area contributed by atoms with Crippen molar-refractivity contribution < 1.29 is 19.1 Å². The van der Waals surface area contributed by atoms with Crippen molar-refractivity contribution in [2.24, 2.45) is 5.41 Å². The lowest BCUT2D eigenvalue weighted by Crippen LogP contribution is -2.37. The monoisotopic (exact) mass is 524 g/mol. The fourth-order valence-corrected chi connectivity index (χ4v) is 4.66. The van der Waals surface area contributed by atoms with Crippen LogP contribution in [0.2, 0.25) is 0 Å². The van der Waals surface area contributed by atoms with Crippen molar-refractivity contribution in [3.05, 3.63) is 0 Å². The molecule has 0 fully saturated rings. The molecule has 0 N–H and O–H groups in total. The van der Waals surface area contributed by atoms with E-state index < -0.39 is 17.4 Å². The highest BCUT2D eigenvalue weighted by molar-refractivity contribution is 5.99. The van der Waals surface area contributed by atoms with Gasteiger partial charge in [0.05, 0.1) is 13.2 Å². The Morgan fingerprint density at radius 1 is 0.405 bits per heavy atom. The lowest BCUT2D eigenvalue weighted by atomic mass is 9.94. The fraction of sp³-hybridized carbons (Fsp3) is 0.939. The number of esters is 2. The Morgan fingerprint density at radius 3 is 0.865 bits per heavy atom. The molecule has 0 saturated heterocycles. The predicted molar refractivity (Wildman–Crippen MR) is 158 cm³/mol. The maximum absolute atomic E-state index is 12.4. The van der Waals surface area contributed by atoms with Crippen molar-refractivity contribution in [1.82, 2.24) is 0 Å². The zero-order valence-electron chi connectivity index (χ0n) is 25.5. The van der Waals surface area contributed by atoms with Gasteiger partial charge in [-0.1, -0.05) is 155 Å². The molecule has 0 heterocycles. The minimum absolute atomic E-state index is 0.394. The van der Waals surface area contributed by atoms with Crippen LogP contribution in [0.5, 0.6) is 0 Å². The van der Waals surface area contributed by atoms with Gasteiger partial charge in [0.25, 0.3) is 0 Å². The van der Waals surface area contributed by atoms with Crippen molar-refractivity contribution in [1.29, 1.82) is 0 Å². The standard InChI is InChI=1S/C33H64O4/c1-5-7-9-11-13-15-17-18-20-22-24-26-28-30-37-32(35)33(3,4)31(34)36-29-27-25-23-21-19-16-14-12-10-8-6-2/h5-30H2,1-4H3. The van der Waals surface area contributed by atoms with Crippen molar-refractivity contribution in [2.45, 2.75) is 182 Å². The first-order valence-electron chi connectivity index (χ1n) is 16.3. The molecule has 0 aliphatic heterocycles. The van der Waals surface area contributed by atoms with Crippen molar-refractivity contribution in [3.63, 3.8) is 0 Å². The quantitative estimate of drug-likeness (QED) is 0.0580. The van der Waals surface area contributed by atoms with Gasteiger partial charge in [-0.05, 0) is 26.7 Å². The van der Waals surface area contributed by atoms with Crippen LogP contribution in [0.25, 0.3) is 0 Å². The molecule has 0 aliphatic carbocycles. The van der Waals surface area contributed by atoms with Gasteiger partial charge in [0, 0.05) is 0 Å². The molecule has 220 valence electrons. The third-order valence-corrected chi connectivity index (χ3v) is 7.48. The van der Waals surface area contributed by atoms with Gasteiger partial charge in [0.15, 0.2) is 5.41 Å². The second-order valence-corrected chi connectivity index (χ2v) is 11.7. The zero-order chi connectivity index (χ0) is 27.5. The molecule has 0 aromatic heterocycles. The van der Waals surface area contributed by atoms with E-state index in [1.54, 1.807) is 13.8 Å². The van der Waals surface area contributed by atoms with Gasteiger partial charge in [-0.15, -0.1) is 0 Å². The number of rotatable bonds is 28. The molecular weight excluding hydrogens is 460 g/mol. The van der Waals surface area contributed by atoms with Gasteiger partial charge >= 0.3 is 11.9 Å². The second kappa shape index (κ2) is 26.5. The van der Waals surface area contributed by atoms with Crippen molar-refractivity contribution in [2.75, 3.05) is 13.2 Å². The highest BCUT2D eigenvalue weighted by Gasteiger charge is 2.39. The molecule has 0 aromatic carbocycles. The summed E-state index contributed by atoms with van der Waals surface area (Å²) in [6.07, 6.45) is 30.6. The summed E-state index contributed by atoms with van der Waals surface area (Å²) in [7, 11) is 0. The molecular formula is C33H64O4. The molecule has 4 nitrogen and oxygen atoms in total. The molecule has 0 rings (SSSR count). The van der Waals surface area contributed by atoms with E-state index in [0.29, 0.717) is 13.2 Å². The van der Waals surface area contributed by atoms with E-state index >= 15 is 0 Å². The molecule has 0 aliphatic rings. The van der Waals surface area contributed by atoms with Gasteiger partial charge in [-0.3, -0.25) is 9.59 Å². The Kier molecular flexibility index (Phi) is 25.8. The van der Waals surface area contributed by atoms with Crippen LogP contribution in [-0.4, -0.2) is 25.2 Å². The average molecular weight is 525 g/mol. The minimum Gasteiger partial charge on any atom is -0.465 e. The van der Waals surface area contributed by atoms with Crippen molar-refractivity contribution >= 4 is 11.9 Å². The summed E-state index contributed by atoms with van der Waals surface area (Å²) in [5.74, 6) is -0.926. The van der Waals surface area contributed by atoms with E-state index in [0.717, 1.165) is 25.7 Å². The Labute approximate surface area is 231 Å². The fourth-order valence-electron chi connectivity index (χ4n) is 4.66. The van der Waals surface area contributed by atoms with Gasteiger partial charge < -0.3 is 9.47 Å². The normalized spacial score (nSPS) is 11.6. The first kappa shape index (κ1) is 35.9. The molecule has 0 atom stereocenters. The van der Waals surface area contributed by atoms with Crippen LogP contribution < -0.4 is 0 Å². The van der Waals surface area contributed by atoms with Crippen LogP contribution in [-0.2, 0) is 19.1 Å². The molecule has 0 radical (unpaired) electrons. The second-order valence-electron chi connectivity index (χ2n) is 11.7. The molecule has 0 saturated carbocycles. The van der Waals surface area contributed by atoms with E-state index in [9.17, 15) is 9.59 Å². The van der Waals surface area contributed by atoms with E-state index in [-0.39, 0.29) is 0 Å². The Balaban J connectivity index is 3.59. The van der Waals surface area contributed by atoms with Crippen LogP contribution in [0.3, 0.4) is 0 Å². The summed E-state index contributed by atoms with van der Waals surface area (Å²) in [4.78, 5) is 24.8. The van der Waals surface area contributed by atoms with Crippen LogP contribution in [0.4, 0.5) is 0 Å². The summed E-state index contributed by atoms with van der Waals surface area (Å²) in [6.45, 7) is 8.54. The van der Waals surface area contributed by atoms with E-state index in [1.807, 2.05) is 0 Å². The average Bonchev–Trinajstić information content (AvgIpc) is 2.89. The molecule has 0 bridgehead atoms. The summed E-state index contributed by atoms with van der Waals surface area (Å²) in [5.41, 5.74) is -1.23. The molecule has 0 amide bonds. The maximum atomic E-state index is 12.4. The molecule has 4 heteroatoms. The highest BCUT2D eigenvalue weighted by atomic mass is 16.6. The largest absolute Gasteiger partial charge is 0.465 e. The maximum Gasteiger partial charge on any atom is 0.322 e. The van der Waals surface area contributed by atoms with Gasteiger partial charge in [0.1, 0.15) is 0 Å². The summed E-state index contributed by atoms with van der Waals surface area (Å²) < 4.78 is 10.8. The first-order chi connectivity index (χ1) is 18.0. The number of carbonyl (C=O) groups excluding carboxylic acids is 2. The van der Waals surface area contributed by atoms with Crippen molar-refractivity contribution in [3.8, 4) is 0 Å². The van der Waals surface area contributed by atoms with Crippen LogP contribution in [0, 0.1) is 5.41 Å². The Hall–Kier alpha value is -1.06. The number of hydrogen-bond acceptors (Lipinski definition) is 4. The Bertz CT molecular complexity index is 514. The van der Waals surface area contributed by atoms with E-state index in [4.69, 9.17) is 9.47 Å².